The predicted octanol–water partition coefficient (Wildman–Crippen LogP) is 4.50. The first-order chi connectivity index (χ1) is 16.2. The highest BCUT2D eigenvalue weighted by Crippen LogP contribution is 2.35. The Hall–Kier alpha value is -4.13. The van der Waals surface area contributed by atoms with Gasteiger partial charge < -0.3 is 19.3 Å². The summed E-state index contributed by atoms with van der Waals surface area (Å²) in [6.45, 7) is 0.199. The average molecular weight is 441 g/mol. The maximum atomic E-state index is 12.8. The molecule has 1 aliphatic heterocycles. The first-order valence-electron chi connectivity index (χ1n) is 10.9. The van der Waals surface area contributed by atoms with E-state index in [1.807, 2.05) is 78.9 Å². The van der Waals surface area contributed by atoms with Gasteiger partial charge in [-0.05, 0) is 35.7 Å². The summed E-state index contributed by atoms with van der Waals surface area (Å²) in [7, 11) is 0. The Labute approximate surface area is 191 Å². The van der Waals surface area contributed by atoms with Gasteiger partial charge in [-0.1, -0.05) is 65.8 Å². The van der Waals surface area contributed by atoms with Crippen LogP contribution in [-0.4, -0.2) is 22.8 Å². The van der Waals surface area contributed by atoms with Gasteiger partial charge in [-0.25, -0.2) is 0 Å². The van der Waals surface area contributed by atoms with E-state index in [1.54, 1.807) is 0 Å². The van der Waals surface area contributed by atoms with Crippen LogP contribution < -0.4 is 14.8 Å². The van der Waals surface area contributed by atoms with Crippen LogP contribution in [0.5, 0.6) is 11.5 Å². The number of hydrogen-bond donors (Lipinski definition) is 1. The molecule has 0 unspecified atom stereocenters. The van der Waals surface area contributed by atoms with Crippen molar-refractivity contribution in [3.8, 4) is 22.9 Å². The Balaban J connectivity index is 1.33. The van der Waals surface area contributed by atoms with Gasteiger partial charge in [-0.2, -0.15) is 4.98 Å². The molecule has 1 N–H and O–H groups in total. The van der Waals surface area contributed by atoms with Crippen LogP contribution in [0.2, 0.25) is 0 Å². The summed E-state index contributed by atoms with van der Waals surface area (Å²) in [5, 5.41) is 7.22. The Morgan fingerprint density at radius 3 is 2.42 bits per heavy atom. The number of carbonyl (C=O) groups excluding carboxylic acids is 1. The van der Waals surface area contributed by atoms with Crippen molar-refractivity contribution < 1.29 is 18.8 Å². The molecule has 0 saturated heterocycles. The zero-order valence-electron chi connectivity index (χ0n) is 17.9. The number of ether oxygens (including phenoxy) is 2. The van der Waals surface area contributed by atoms with Gasteiger partial charge in [-0.15, -0.1) is 0 Å². The highest BCUT2D eigenvalue weighted by Gasteiger charge is 2.23. The predicted molar refractivity (Wildman–Crippen MR) is 122 cm³/mol. The van der Waals surface area contributed by atoms with Crippen molar-refractivity contribution in [3.05, 3.63) is 95.9 Å². The van der Waals surface area contributed by atoms with Crippen molar-refractivity contribution in [3.63, 3.8) is 0 Å². The monoisotopic (exact) mass is 441 g/mol. The molecule has 7 nitrogen and oxygen atoms in total. The van der Waals surface area contributed by atoms with E-state index >= 15 is 0 Å². The fourth-order valence-corrected chi connectivity index (χ4v) is 3.75. The van der Waals surface area contributed by atoms with Gasteiger partial charge in [0, 0.05) is 18.4 Å². The molecule has 1 aliphatic rings. The van der Waals surface area contributed by atoms with Crippen molar-refractivity contribution in [2.45, 2.75) is 25.3 Å². The second-order valence-electron chi connectivity index (χ2n) is 7.82. The lowest BCUT2D eigenvalue weighted by Crippen LogP contribution is -2.30. The second kappa shape index (κ2) is 9.56. The number of carbonyl (C=O) groups is 1. The van der Waals surface area contributed by atoms with E-state index in [2.05, 4.69) is 15.5 Å². The molecule has 0 radical (unpaired) electrons. The lowest BCUT2D eigenvalue weighted by Gasteiger charge is -2.15. The number of nitrogens with zero attached hydrogens (tertiary/aromatic N) is 2. The first-order valence-corrected chi connectivity index (χ1v) is 10.9. The summed E-state index contributed by atoms with van der Waals surface area (Å²) >= 11 is 0. The third kappa shape index (κ3) is 5.03. The number of rotatable bonds is 8. The molecule has 0 aliphatic carbocycles. The third-order valence-corrected chi connectivity index (χ3v) is 5.47. The van der Waals surface area contributed by atoms with Crippen molar-refractivity contribution >= 4 is 5.91 Å². The van der Waals surface area contributed by atoms with Crippen LogP contribution >= 0.6 is 0 Å². The molecule has 3 aromatic carbocycles. The summed E-state index contributed by atoms with van der Waals surface area (Å²) in [4.78, 5) is 17.3. The summed E-state index contributed by atoms with van der Waals surface area (Å²) in [6, 6.07) is 24.9. The quantitative estimate of drug-likeness (QED) is 0.433. The minimum absolute atomic E-state index is 0.0670. The molecule has 4 aromatic rings. The van der Waals surface area contributed by atoms with E-state index in [4.69, 9.17) is 14.0 Å². The molecule has 0 fully saturated rings. The van der Waals surface area contributed by atoms with Crippen LogP contribution in [0.15, 0.2) is 83.4 Å². The topological polar surface area (TPSA) is 86.5 Å². The maximum absolute atomic E-state index is 12.8. The summed E-state index contributed by atoms with van der Waals surface area (Å²) in [6.07, 6.45) is 1.58. The van der Waals surface area contributed by atoms with Gasteiger partial charge in [0.2, 0.25) is 24.4 Å². The second-order valence-corrected chi connectivity index (χ2v) is 7.82. The molecule has 0 bridgehead atoms. The minimum atomic E-state index is -0.439. The van der Waals surface area contributed by atoms with Crippen LogP contribution in [0.3, 0.4) is 0 Å². The molecule has 5 rings (SSSR count). The lowest BCUT2D eigenvalue weighted by atomic mass is 10.0. The molecular weight excluding hydrogens is 418 g/mol. The van der Waals surface area contributed by atoms with Gasteiger partial charge in [0.25, 0.3) is 0 Å². The normalized spacial score (nSPS) is 13.0. The Morgan fingerprint density at radius 2 is 1.64 bits per heavy atom. The SMILES string of the molecule is O=C(CCc1ccccc1)N[C@H](Cc1ccccc1)c1nc(-c2ccc3c(c2)OCO3)no1. The van der Waals surface area contributed by atoms with Crippen LogP contribution in [-0.2, 0) is 17.6 Å². The van der Waals surface area contributed by atoms with E-state index in [1.165, 1.54) is 0 Å². The molecule has 166 valence electrons. The summed E-state index contributed by atoms with van der Waals surface area (Å²) < 4.78 is 16.4. The summed E-state index contributed by atoms with van der Waals surface area (Å²) in [5.74, 6) is 2.06. The minimum Gasteiger partial charge on any atom is -0.454 e. The lowest BCUT2D eigenvalue weighted by molar-refractivity contribution is -0.122. The van der Waals surface area contributed by atoms with E-state index in [9.17, 15) is 4.79 Å². The fraction of sp³-hybridized carbons (Fsp3) is 0.192. The molecule has 7 heteroatoms. The molecule has 1 aromatic heterocycles. The van der Waals surface area contributed by atoms with E-state index < -0.39 is 6.04 Å². The molecule has 1 atom stereocenters. The van der Waals surface area contributed by atoms with Crippen LogP contribution in [0.25, 0.3) is 11.4 Å². The zero-order chi connectivity index (χ0) is 22.5. The molecule has 0 spiro atoms. The number of fused-ring (bicyclic) bond motifs is 1. The van der Waals surface area contributed by atoms with Gasteiger partial charge in [-0.3, -0.25) is 4.79 Å². The van der Waals surface area contributed by atoms with E-state index in [-0.39, 0.29) is 12.7 Å². The standard InChI is InChI=1S/C26H23N3O4/c30-24(14-11-18-7-3-1-4-8-18)27-21(15-19-9-5-2-6-10-19)26-28-25(29-33-26)20-12-13-22-23(16-20)32-17-31-22/h1-10,12-13,16,21H,11,14-15,17H2,(H,27,30)/t21-/m1/s1. The highest BCUT2D eigenvalue weighted by molar-refractivity contribution is 5.76. The van der Waals surface area contributed by atoms with Crippen LogP contribution in [0.1, 0.15) is 29.5 Å². The number of hydrogen-bond acceptors (Lipinski definition) is 6. The van der Waals surface area contributed by atoms with Crippen LogP contribution in [0, 0.1) is 0 Å². The molecule has 0 saturated carbocycles. The molecular formula is C26H23N3O4. The maximum Gasteiger partial charge on any atom is 0.249 e. The van der Waals surface area contributed by atoms with Crippen molar-refractivity contribution in [1.29, 1.82) is 0 Å². The summed E-state index contributed by atoms with van der Waals surface area (Å²) in [5.41, 5.74) is 2.94. The zero-order valence-corrected chi connectivity index (χ0v) is 17.9. The van der Waals surface area contributed by atoms with Crippen LogP contribution in [0.4, 0.5) is 0 Å². The number of nitrogens with one attached hydrogen (secondary N) is 1. The molecule has 2 heterocycles. The van der Waals surface area contributed by atoms with Gasteiger partial charge in [0.1, 0.15) is 6.04 Å². The Bertz CT molecular complexity index is 1220. The fourth-order valence-electron chi connectivity index (χ4n) is 3.75. The van der Waals surface area contributed by atoms with E-state index in [0.717, 1.165) is 16.7 Å². The first kappa shape index (κ1) is 20.8. The van der Waals surface area contributed by atoms with Gasteiger partial charge >= 0.3 is 0 Å². The Kier molecular flexibility index (Phi) is 6.01. The van der Waals surface area contributed by atoms with Gasteiger partial charge in [0.15, 0.2) is 11.5 Å². The largest absolute Gasteiger partial charge is 0.454 e. The molecule has 33 heavy (non-hydrogen) atoms. The third-order valence-electron chi connectivity index (χ3n) is 5.47. The smallest absolute Gasteiger partial charge is 0.249 e. The van der Waals surface area contributed by atoms with Crippen molar-refractivity contribution in [2.75, 3.05) is 6.79 Å². The number of amides is 1. The highest BCUT2D eigenvalue weighted by atomic mass is 16.7. The molecule has 1 amide bonds. The number of aromatic nitrogens is 2. The van der Waals surface area contributed by atoms with Crippen molar-refractivity contribution in [1.82, 2.24) is 15.5 Å². The van der Waals surface area contributed by atoms with E-state index in [0.29, 0.717) is 42.5 Å². The average Bonchev–Trinajstić information content (AvgIpc) is 3.53. The van der Waals surface area contributed by atoms with Gasteiger partial charge in [0.05, 0.1) is 0 Å². The number of aryl methyl sites for hydroxylation is 1. The Morgan fingerprint density at radius 1 is 0.909 bits per heavy atom. The van der Waals surface area contributed by atoms with Crippen molar-refractivity contribution in [2.24, 2.45) is 0 Å². The number of benzene rings is 3.